The van der Waals surface area contributed by atoms with E-state index < -0.39 is 0 Å². The van der Waals surface area contributed by atoms with E-state index in [1.807, 2.05) is 36.5 Å². The molecule has 3 aromatic rings. The van der Waals surface area contributed by atoms with Gasteiger partial charge in [-0.25, -0.2) is 0 Å². The van der Waals surface area contributed by atoms with Gasteiger partial charge in [0.2, 0.25) is 0 Å². The van der Waals surface area contributed by atoms with E-state index in [1.165, 1.54) is 10.9 Å². The molecule has 2 aromatic heterocycles. The number of thiocarbonyl (C=S) groups is 1. The van der Waals surface area contributed by atoms with Crippen molar-refractivity contribution in [2.75, 3.05) is 6.54 Å². The van der Waals surface area contributed by atoms with Crippen LogP contribution in [0.2, 0.25) is 0 Å². The summed E-state index contributed by atoms with van der Waals surface area (Å²) in [7, 11) is 0. The molecule has 3 rings (SSSR count). The number of para-hydroxylation sites is 1. The van der Waals surface area contributed by atoms with Gasteiger partial charge in [-0.1, -0.05) is 24.3 Å². The number of hydrogen-bond acceptors (Lipinski definition) is 3. The molecule has 0 unspecified atom stereocenters. The molecule has 3 N–H and O–H groups in total. The molecule has 0 atom stereocenters. The van der Waals surface area contributed by atoms with Crippen molar-refractivity contribution in [3.63, 3.8) is 0 Å². The van der Waals surface area contributed by atoms with Gasteiger partial charge in [0.25, 0.3) is 0 Å². The number of hydrazone groups is 1. The fraction of sp³-hybridized carbons (Fsp3) is 0.118. The highest BCUT2D eigenvalue weighted by Crippen LogP contribution is 2.17. The van der Waals surface area contributed by atoms with Gasteiger partial charge in [0.05, 0.1) is 11.9 Å². The Morgan fingerprint density at radius 1 is 1.22 bits per heavy atom. The van der Waals surface area contributed by atoms with Crippen LogP contribution in [0.4, 0.5) is 0 Å². The second-order valence-electron chi connectivity index (χ2n) is 4.99. The third-order valence-electron chi connectivity index (χ3n) is 3.41. The van der Waals surface area contributed by atoms with E-state index in [2.05, 4.69) is 37.9 Å². The summed E-state index contributed by atoms with van der Waals surface area (Å²) in [5.74, 6) is 0. The molecule has 0 bridgehead atoms. The molecular weight excluding hydrogens is 306 g/mol. The molecule has 0 saturated heterocycles. The lowest BCUT2D eigenvalue weighted by atomic mass is 10.1. The van der Waals surface area contributed by atoms with Crippen LogP contribution in [0.15, 0.2) is 60.0 Å². The minimum absolute atomic E-state index is 0.497. The molecule has 1 aromatic carbocycles. The van der Waals surface area contributed by atoms with E-state index in [0.717, 1.165) is 24.2 Å². The highest BCUT2D eigenvalue weighted by molar-refractivity contribution is 7.80. The van der Waals surface area contributed by atoms with Crippen LogP contribution in [0, 0.1) is 0 Å². The van der Waals surface area contributed by atoms with Gasteiger partial charge in [-0.2, -0.15) is 5.10 Å². The number of nitrogens with zero attached hydrogens (tertiary/aromatic N) is 2. The third-order valence-corrected chi connectivity index (χ3v) is 3.64. The zero-order valence-corrected chi connectivity index (χ0v) is 13.3. The Morgan fingerprint density at radius 3 is 2.96 bits per heavy atom. The summed E-state index contributed by atoms with van der Waals surface area (Å²) in [5, 5.41) is 8.95. The van der Waals surface area contributed by atoms with Gasteiger partial charge in [-0.3, -0.25) is 10.4 Å². The molecule has 0 spiro atoms. The lowest BCUT2D eigenvalue weighted by Crippen LogP contribution is -2.33. The molecular formula is C17H17N5S. The van der Waals surface area contributed by atoms with Crippen molar-refractivity contribution in [3.8, 4) is 0 Å². The molecule has 23 heavy (non-hydrogen) atoms. The smallest absolute Gasteiger partial charge is 0.186 e. The van der Waals surface area contributed by atoms with Crippen molar-refractivity contribution < 1.29 is 0 Å². The maximum absolute atomic E-state index is 5.20. The van der Waals surface area contributed by atoms with Crippen LogP contribution < -0.4 is 10.7 Å². The summed E-state index contributed by atoms with van der Waals surface area (Å²) in [4.78, 5) is 7.42. The highest BCUT2D eigenvalue weighted by atomic mass is 32.1. The predicted molar refractivity (Wildman–Crippen MR) is 97.6 cm³/mol. The van der Waals surface area contributed by atoms with Gasteiger partial charge >= 0.3 is 0 Å². The lowest BCUT2D eigenvalue weighted by Gasteiger charge is -2.06. The topological polar surface area (TPSA) is 65.1 Å². The van der Waals surface area contributed by atoms with E-state index in [0.29, 0.717) is 5.11 Å². The minimum atomic E-state index is 0.497. The Labute approximate surface area is 139 Å². The first kappa shape index (κ1) is 15.2. The first-order valence-electron chi connectivity index (χ1n) is 7.36. The van der Waals surface area contributed by atoms with Crippen molar-refractivity contribution in [2.24, 2.45) is 5.10 Å². The second kappa shape index (κ2) is 7.51. The van der Waals surface area contributed by atoms with E-state index in [4.69, 9.17) is 12.2 Å². The quantitative estimate of drug-likeness (QED) is 0.384. The average Bonchev–Trinajstić information content (AvgIpc) is 2.99. The molecule has 0 radical (unpaired) electrons. The van der Waals surface area contributed by atoms with Crippen molar-refractivity contribution in [2.45, 2.75) is 6.42 Å². The van der Waals surface area contributed by atoms with Crippen LogP contribution in [0.3, 0.4) is 0 Å². The molecule has 0 aliphatic heterocycles. The Balaban J connectivity index is 1.45. The molecule has 5 nitrogen and oxygen atoms in total. The van der Waals surface area contributed by atoms with Gasteiger partial charge in [-0.15, -0.1) is 0 Å². The van der Waals surface area contributed by atoms with E-state index in [1.54, 1.807) is 12.4 Å². The lowest BCUT2D eigenvalue weighted by molar-refractivity contribution is 0.841. The van der Waals surface area contributed by atoms with E-state index in [-0.39, 0.29) is 0 Å². The maximum atomic E-state index is 5.20. The first-order valence-corrected chi connectivity index (χ1v) is 7.77. The molecule has 0 fully saturated rings. The number of aromatic nitrogens is 2. The van der Waals surface area contributed by atoms with Gasteiger partial charge in [0.15, 0.2) is 5.11 Å². The van der Waals surface area contributed by atoms with Crippen LogP contribution in [-0.2, 0) is 6.42 Å². The Morgan fingerprint density at radius 2 is 2.09 bits per heavy atom. The zero-order valence-electron chi connectivity index (χ0n) is 12.5. The number of fused-ring (bicyclic) bond motifs is 1. The number of rotatable bonds is 5. The van der Waals surface area contributed by atoms with E-state index >= 15 is 0 Å². The second-order valence-corrected chi connectivity index (χ2v) is 5.40. The molecule has 6 heteroatoms. The monoisotopic (exact) mass is 323 g/mol. The van der Waals surface area contributed by atoms with E-state index in [9.17, 15) is 0 Å². The van der Waals surface area contributed by atoms with Crippen molar-refractivity contribution in [1.82, 2.24) is 20.7 Å². The summed E-state index contributed by atoms with van der Waals surface area (Å²) in [6.07, 6.45) is 6.28. The fourth-order valence-electron chi connectivity index (χ4n) is 2.30. The summed E-state index contributed by atoms with van der Waals surface area (Å²) in [5.41, 5.74) is 6.00. The highest BCUT2D eigenvalue weighted by Gasteiger charge is 2.02. The van der Waals surface area contributed by atoms with Crippen LogP contribution in [-0.4, -0.2) is 27.8 Å². The average molecular weight is 323 g/mol. The molecule has 116 valence electrons. The first-order chi connectivity index (χ1) is 11.3. The van der Waals surface area contributed by atoms with Crippen molar-refractivity contribution in [1.29, 1.82) is 0 Å². The van der Waals surface area contributed by atoms with Crippen LogP contribution in [0.25, 0.3) is 10.9 Å². The molecule has 0 amide bonds. The molecule has 2 heterocycles. The third kappa shape index (κ3) is 4.14. The van der Waals surface area contributed by atoms with Gasteiger partial charge in [0.1, 0.15) is 0 Å². The Bertz CT molecular complexity index is 810. The van der Waals surface area contributed by atoms with Gasteiger partial charge < -0.3 is 10.3 Å². The number of aromatic amines is 1. The standard InChI is InChI=1S/C17H17N5S/c23-17(22-21-12-14-5-3-4-9-18-14)19-10-8-13-11-20-16-7-2-1-6-15(13)16/h1-7,9,11-12,20H,8,10H2,(H2,19,22,23)/b21-12+. The number of hydrogen-bond donors (Lipinski definition) is 3. The number of nitrogens with one attached hydrogen (secondary N) is 3. The number of pyridine rings is 1. The summed E-state index contributed by atoms with van der Waals surface area (Å²) in [6.45, 7) is 0.743. The van der Waals surface area contributed by atoms with Crippen LogP contribution >= 0.6 is 12.2 Å². The summed E-state index contributed by atoms with van der Waals surface area (Å²) >= 11 is 5.20. The largest absolute Gasteiger partial charge is 0.361 e. The molecule has 0 aliphatic carbocycles. The minimum Gasteiger partial charge on any atom is -0.361 e. The van der Waals surface area contributed by atoms with Crippen LogP contribution in [0.1, 0.15) is 11.3 Å². The Kier molecular flexibility index (Phi) is 4.95. The molecule has 0 aliphatic rings. The summed E-state index contributed by atoms with van der Waals surface area (Å²) in [6, 6.07) is 13.9. The molecule has 0 saturated carbocycles. The number of benzene rings is 1. The fourth-order valence-corrected chi connectivity index (χ4v) is 2.45. The van der Waals surface area contributed by atoms with Gasteiger partial charge in [0, 0.05) is 29.8 Å². The van der Waals surface area contributed by atoms with Gasteiger partial charge in [-0.05, 0) is 42.4 Å². The maximum Gasteiger partial charge on any atom is 0.186 e. The zero-order chi connectivity index (χ0) is 15.9. The number of H-pyrrole nitrogens is 1. The van der Waals surface area contributed by atoms with Crippen LogP contribution in [0.5, 0.6) is 0 Å². The van der Waals surface area contributed by atoms with Crippen molar-refractivity contribution >= 4 is 34.4 Å². The predicted octanol–water partition coefficient (Wildman–Crippen LogP) is 2.60. The normalized spacial score (nSPS) is 11.0. The Hall–Kier alpha value is -2.73. The van der Waals surface area contributed by atoms with Crippen molar-refractivity contribution in [3.05, 3.63) is 66.1 Å². The SMILES string of the molecule is S=C(NCCc1c[nH]c2ccccc12)N/N=C/c1ccccn1. The summed E-state index contributed by atoms with van der Waals surface area (Å²) < 4.78 is 0.